The second kappa shape index (κ2) is 7.13. The minimum absolute atomic E-state index is 0.0113. The zero-order chi connectivity index (χ0) is 18.9. The van der Waals surface area contributed by atoms with Gasteiger partial charge in [0.25, 0.3) is 0 Å². The average Bonchev–Trinajstić information content (AvgIpc) is 2.62. The smallest absolute Gasteiger partial charge is 0.411 e. The average molecular weight is 341 g/mol. The van der Waals surface area contributed by atoms with Gasteiger partial charge in [0.2, 0.25) is 0 Å². The molecule has 0 aromatic heterocycles. The quantitative estimate of drug-likeness (QED) is 0.617. The molecule has 1 fully saturated rings. The molecule has 0 unspecified atom stereocenters. The Hall–Kier alpha value is -1.56. The second-order valence-corrected chi connectivity index (χ2v) is 8.50. The highest BCUT2D eigenvalue weighted by atomic mass is 16.6. The number of carbonyl (C=O) groups excluding carboxylic acids is 2. The minimum atomic E-state index is -0.962. The lowest BCUT2D eigenvalue weighted by Crippen LogP contribution is -2.46. The highest BCUT2D eigenvalue weighted by molar-refractivity contribution is 5.86. The van der Waals surface area contributed by atoms with Crippen LogP contribution in [0.25, 0.3) is 0 Å². The molecule has 1 amide bonds. The van der Waals surface area contributed by atoms with Crippen molar-refractivity contribution in [2.45, 2.75) is 78.7 Å². The summed E-state index contributed by atoms with van der Waals surface area (Å²) in [6.07, 6.45) is 0.269. The fraction of sp³-hybridized carbons (Fsp3) is 0.778. The van der Waals surface area contributed by atoms with Crippen LogP contribution in [-0.2, 0) is 14.3 Å². The molecule has 1 heterocycles. The number of esters is 1. The van der Waals surface area contributed by atoms with E-state index in [0.717, 1.165) is 0 Å². The first-order valence-corrected chi connectivity index (χ1v) is 8.33. The van der Waals surface area contributed by atoms with Gasteiger partial charge < -0.3 is 14.6 Å². The van der Waals surface area contributed by atoms with E-state index in [9.17, 15) is 14.7 Å². The van der Waals surface area contributed by atoms with E-state index in [1.54, 1.807) is 41.5 Å². The first kappa shape index (κ1) is 20.5. The van der Waals surface area contributed by atoms with Crippen molar-refractivity contribution in [2.75, 3.05) is 6.54 Å². The van der Waals surface area contributed by atoms with Crippen LogP contribution in [0, 0.1) is 5.92 Å². The van der Waals surface area contributed by atoms with E-state index in [4.69, 9.17) is 9.47 Å². The van der Waals surface area contributed by atoms with Crippen molar-refractivity contribution in [3.63, 3.8) is 0 Å². The lowest BCUT2D eigenvalue weighted by atomic mass is 10.0. The summed E-state index contributed by atoms with van der Waals surface area (Å²) < 4.78 is 10.8. The Kier molecular flexibility index (Phi) is 6.09. The molecule has 1 rings (SSSR count). The lowest BCUT2D eigenvalue weighted by Gasteiger charge is -2.29. The number of rotatable bonds is 2. The number of nitrogens with zero attached hydrogens (tertiary/aromatic N) is 1. The maximum Gasteiger partial charge on any atom is 0.411 e. The third-order valence-corrected chi connectivity index (χ3v) is 3.17. The Morgan fingerprint density at radius 2 is 1.62 bits per heavy atom. The van der Waals surface area contributed by atoms with E-state index in [1.165, 1.54) is 4.90 Å². The van der Waals surface area contributed by atoms with Gasteiger partial charge in [-0.3, -0.25) is 4.90 Å². The van der Waals surface area contributed by atoms with Crippen LogP contribution < -0.4 is 0 Å². The molecule has 0 bridgehead atoms. The topological polar surface area (TPSA) is 76.1 Å². The van der Waals surface area contributed by atoms with Gasteiger partial charge in [0.15, 0.2) is 6.04 Å². The Labute approximate surface area is 144 Å². The fourth-order valence-corrected chi connectivity index (χ4v) is 2.47. The number of amides is 1. The SMILES string of the molecule is CC(C)C=C1[C@@H](C(=O)OC(C)(C)C)N(C(=O)OC(C)(C)C)C[C@@H]1O. The standard InChI is InChI=1S/C18H31NO5/c1-11(2)9-12-13(20)10-19(16(22)24-18(6,7)8)14(12)15(21)23-17(3,4)5/h9,11,13-14,20H,10H2,1-8H3/t13-,14-/m0/s1. The molecule has 1 aliphatic rings. The van der Waals surface area contributed by atoms with Crippen LogP contribution in [0.15, 0.2) is 11.6 Å². The van der Waals surface area contributed by atoms with Crippen molar-refractivity contribution < 1.29 is 24.2 Å². The molecule has 1 saturated heterocycles. The van der Waals surface area contributed by atoms with Crippen molar-refractivity contribution in [3.05, 3.63) is 11.6 Å². The number of hydrogen-bond acceptors (Lipinski definition) is 5. The zero-order valence-electron chi connectivity index (χ0n) is 16.0. The number of likely N-dealkylation sites (tertiary alicyclic amines) is 1. The largest absolute Gasteiger partial charge is 0.458 e. The van der Waals surface area contributed by atoms with Crippen LogP contribution in [0.1, 0.15) is 55.4 Å². The number of aliphatic hydroxyl groups excluding tert-OH is 1. The molecule has 0 aromatic carbocycles. The Morgan fingerprint density at radius 3 is 2.04 bits per heavy atom. The van der Waals surface area contributed by atoms with Gasteiger partial charge in [0.1, 0.15) is 11.2 Å². The van der Waals surface area contributed by atoms with E-state index in [1.807, 2.05) is 19.9 Å². The van der Waals surface area contributed by atoms with Gasteiger partial charge in [-0.25, -0.2) is 9.59 Å². The summed E-state index contributed by atoms with van der Waals surface area (Å²) in [6.45, 7) is 14.5. The molecule has 6 nitrogen and oxygen atoms in total. The first-order chi connectivity index (χ1) is 10.7. The highest BCUT2D eigenvalue weighted by Crippen LogP contribution is 2.29. The number of β-amino-alcohol motifs (C(OH)–C–C–N with tert-alkyl or cyclic N) is 1. The van der Waals surface area contributed by atoms with Gasteiger partial charge in [0, 0.05) is 0 Å². The van der Waals surface area contributed by atoms with Crippen molar-refractivity contribution in [2.24, 2.45) is 5.92 Å². The maximum atomic E-state index is 12.7. The normalized spacial score (nSPS) is 23.8. The summed E-state index contributed by atoms with van der Waals surface area (Å²) >= 11 is 0. The highest BCUT2D eigenvalue weighted by Gasteiger charge is 2.46. The molecule has 0 aromatic rings. The molecule has 6 heteroatoms. The minimum Gasteiger partial charge on any atom is -0.458 e. The molecular weight excluding hydrogens is 310 g/mol. The number of aliphatic hydroxyl groups is 1. The van der Waals surface area contributed by atoms with Crippen LogP contribution in [0.3, 0.4) is 0 Å². The van der Waals surface area contributed by atoms with E-state index in [2.05, 4.69) is 0 Å². The summed E-state index contributed by atoms with van der Waals surface area (Å²) in [5.41, 5.74) is -0.886. The van der Waals surface area contributed by atoms with Crippen molar-refractivity contribution >= 4 is 12.1 Å². The summed E-state index contributed by atoms with van der Waals surface area (Å²) in [7, 11) is 0. The Morgan fingerprint density at radius 1 is 1.12 bits per heavy atom. The molecule has 1 N–H and O–H groups in total. The van der Waals surface area contributed by atoms with E-state index < -0.39 is 35.4 Å². The van der Waals surface area contributed by atoms with Crippen molar-refractivity contribution in [3.8, 4) is 0 Å². The molecule has 0 saturated carbocycles. The lowest BCUT2D eigenvalue weighted by molar-refractivity contribution is -0.158. The van der Waals surface area contributed by atoms with Gasteiger partial charge in [-0.1, -0.05) is 19.9 Å². The Bertz CT molecular complexity index is 510. The molecule has 2 atom stereocenters. The maximum absolute atomic E-state index is 12.7. The molecular formula is C18H31NO5. The molecule has 0 radical (unpaired) electrons. The molecule has 0 spiro atoms. The van der Waals surface area contributed by atoms with Crippen LogP contribution in [0.2, 0.25) is 0 Å². The van der Waals surface area contributed by atoms with Gasteiger partial charge in [0.05, 0.1) is 12.6 Å². The van der Waals surface area contributed by atoms with E-state index >= 15 is 0 Å². The van der Waals surface area contributed by atoms with Crippen LogP contribution in [-0.4, -0.2) is 52.0 Å². The van der Waals surface area contributed by atoms with E-state index in [-0.39, 0.29) is 12.5 Å². The molecule has 0 aliphatic carbocycles. The fourth-order valence-electron chi connectivity index (χ4n) is 2.47. The molecule has 24 heavy (non-hydrogen) atoms. The Balaban J connectivity index is 3.17. The van der Waals surface area contributed by atoms with Gasteiger partial charge in [-0.05, 0) is 53.0 Å². The summed E-state index contributed by atoms with van der Waals surface area (Å²) in [6, 6.07) is -0.962. The van der Waals surface area contributed by atoms with Crippen LogP contribution >= 0.6 is 0 Å². The van der Waals surface area contributed by atoms with Crippen molar-refractivity contribution in [1.82, 2.24) is 4.90 Å². The number of ether oxygens (including phenoxy) is 2. The van der Waals surface area contributed by atoms with Gasteiger partial charge in [-0.15, -0.1) is 0 Å². The summed E-state index contributed by atoms with van der Waals surface area (Å²) in [5, 5.41) is 10.3. The third-order valence-electron chi connectivity index (χ3n) is 3.17. The number of carbonyl (C=O) groups is 2. The summed E-state index contributed by atoms with van der Waals surface area (Å²) in [4.78, 5) is 26.4. The molecule has 1 aliphatic heterocycles. The van der Waals surface area contributed by atoms with Crippen LogP contribution in [0.5, 0.6) is 0 Å². The number of hydrogen-bond donors (Lipinski definition) is 1. The van der Waals surface area contributed by atoms with Crippen LogP contribution in [0.4, 0.5) is 4.79 Å². The third kappa shape index (κ3) is 5.82. The predicted molar refractivity (Wildman–Crippen MR) is 91.5 cm³/mol. The predicted octanol–water partition coefficient (Wildman–Crippen LogP) is 2.89. The summed E-state index contributed by atoms with van der Waals surface area (Å²) in [5.74, 6) is -0.435. The zero-order valence-corrected chi connectivity index (χ0v) is 16.0. The second-order valence-electron chi connectivity index (χ2n) is 8.50. The van der Waals surface area contributed by atoms with Gasteiger partial charge in [-0.2, -0.15) is 0 Å². The first-order valence-electron chi connectivity index (χ1n) is 8.33. The molecule has 138 valence electrons. The number of allylic oxidation sites excluding steroid dienone is 1. The van der Waals surface area contributed by atoms with Gasteiger partial charge >= 0.3 is 12.1 Å². The van der Waals surface area contributed by atoms with Crippen molar-refractivity contribution in [1.29, 1.82) is 0 Å². The monoisotopic (exact) mass is 341 g/mol. The van der Waals surface area contributed by atoms with E-state index in [0.29, 0.717) is 5.57 Å².